The van der Waals surface area contributed by atoms with Gasteiger partial charge >= 0.3 is 0 Å². The first-order chi connectivity index (χ1) is 13.2. The van der Waals surface area contributed by atoms with Gasteiger partial charge in [0.05, 0.1) is 0 Å². The van der Waals surface area contributed by atoms with E-state index in [2.05, 4.69) is 17.1 Å². The van der Waals surface area contributed by atoms with Crippen molar-refractivity contribution >= 4 is 29.1 Å². The summed E-state index contributed by atoms with van der Waals surface area (Å²) in [6.45, 7) is 2.04. The number of piperidine rings is 1. The number of thioether (sulfide) groups is 1. The molecule has 1 atom stereocenters. The monoisotopic (exact) mass is 381 g/mol. The van der Waals surface area contributed by atoms with E-state index in [-0.39, 0.29) is 5.60 Å². The summed E-state index contributed by atoms with van der Waals surface area (Å²) < 4.78 is 6.54. The van der Waals surface area contributed by atoms with Crippen molar-refractivity contribution in [2.75, 3.05) is 18.8 Å². The molecule has 1 aromatic carbocycles. The molecule has 5 heteroatoms. The fraction of sp³-hybridized carbons (Fsp3) is 0.455. The Kier molecular flexibility index (Phi) is 4.25. The minimum atomic E-state index is -0.409. The summed E-state index contributed by atoms with van der Waals surface area (Å²) in [5.74, 6) is 0.572. The molecule has 0 amide bonds. The van der Waals surface area contributed by atoms with Crippen LogP contribution >= 0.6 is 11.8 Å². The van der Waals surface area contributed by atoms with E-state index in [1.54, 1.807) is 12.1 Å². The largest absolute Gasteiger partial charge is 0.484 e. The van der Waals surface area contributed by atoms with Crippen LogP contribution in [0.3, 0.4) is 0 Å². The highest BCUT2D eigenvalue weighted by Crippen LogP contribution is 2.47. The number of rotatable bonds is 1. The van der Waals surface area contributed by atoms with Crippen LogP contribution in [-0.4, -0.2) is 47.0 Å². The van der Waals surface area contributed by atoms with Crippen LogP contribution in [0.4, 0.5) is 0 Å². The van der Waals surface area contributed by atoms with Gasteiger partial charge in [0.2, 0.25) is 11.6 Å². The zero-order valence-corrected chi connectivity index (χ0v) is 16.1. The Morgan fingerprint density at radius 1 is 1.07 bits per heavy atom. The van der Waals surface area contributed by atoms with Crippen molar-refractivity contribution in [2.24, 2.45) is 0 Å². The number of nitrogens with zero attached hydrogens (tertiary/aromatic N) is 1. The van der Waals surface area contributed by atoms with Gasteiger partial charge in [0, 0.05) is 48.9 Å². The molecule has 5 rings (SSSR count). The molecule has 1 saturated heterocycles. The molecule has 0 bridgehead atoms. The van der Waals surface area contributed by atoms with Crippen LogP contribution in [0.2, 0.25) is 0 Å². The molecule has 1 spiro atoms. The predicted molar refractivity (Wildman–Crippen MR) is 107 cm³/mol. The molecule has 140 valence electrons. The third kappa shape index (κ3) is 2.88. The lowest BCUT2D eigenvalue weighted by atomic mass is 9.88. The number of hydrogen-bond acceptors (Lipinski definition) is 5. The molecule has 1 fully saturated rings. The zero-order valence-electron chi connectivity index (χ0n) is 15.3. The smallest absolute Gasteiger partial charge is 0.243 e. The number of carbonyl (C=O) groups is 2. The first kappa shape index (κ1) is 17.3. The summed E-state index contributed by atoms with van der Waals surface area (Å²) in [6, 6.07) is 7.90. The normalized spacial score (nSPS) is 27.3. The lowest BCUT2D eigenvalue weighted by molar-refractivity contribution is -0.111. The van der Waals surface area contributed by atoms with E-state index < -0.39 is 11.6 Å². The van der Waals surface area contributed by atoms with Crippen molar-refractivity contribution in [3.05, 3.63) is 52.4 Å². The number of ketones is 2. The van der Waals surface area contributed by atoms with Gasteiger partial charge in [0.1, 0.15) is 16.3 Å². The average Bonchev–Trinajstić information content (AvgIpc) is 2.73. The van der Waals surface area contributed by atoms with E-state index in [1.807, 2.05) is 12.1 Å². The number of allylic oxidation sites excluding steroid dienone is 2. The van der Waals surface area contributed by atoms with E-state index in [4.69, 9.17) is 4.74 Å². The molecular weight excluding hydrogens is 358 g/mol. The van der Waals surface area contributed by atoms with Gasteiger partial charge in [-0.15, -0.1) is 11.8 Å². The Hall–Kier alpha value is -1.85. The van der Waals surface area contributed by atoms with Crippen molar-refractivity contribution in [3.63, 3.8) is 0 Å². The Morgan fingerprint density at radius 3 is 2.59 bits per heavy atom. The van der Waals surface area contributed by atoms with Gasteiger partial charge in [-0.2, -0.15) is 0 Å². The maximum absolute atomic E-state index is 12.5. The summed E-state index contributed by atoms with van der Waals surface area (Å²) >= 11 is 1.52. The number of ether oxygens (including phenoxy) is 1. The molecule has 27 heavy (non-hydrogen) atoms. The Balaban J connectivity index is 1.39. The lowest BCUT2D eigenvalue weighted by Crippen LogP contribution is -2.51. The van der Waals surface area contributed by atoms with Crippen LogP contribution in [0.1, 0.15) is 48.0 Å². The molecule has 2 aliphatic carbocycles. The van der Waals surface area contributed by atoms with Gasteiger partial charge in [0.15, 0.2) is 0 Å². The van der Waals surface area contributed by atoms with Crippen LogP contribution in [-0.2, 0) is 9.53 Å². The van der Waals surface area contributed by atoms with Crippen molar-refractivity contribution in [3.8, 4) is 0 Å². The topological polar surface area (TPSA) is 46.6 Å². The van der Waals surface area contributed by atoms with Gasteiger partial charge < -0.3 is 4.74 Å². The number of carbonyl (C=O) groups excluding carboxylic acids is 2. The molecule has 2 heterocycles. The van der Waals surface area contributed by atoms with Gasteiger partial charge in [-0.25, -0.2) is 0 Å². The van der Waals surface area contributed by atoms with E-state index in [0.717, 1.165) is 37.2 Å². The SMILES string of the molecule is O=C1C(=O)c2ccccc2C2=C1SCC1(CCN(C3C=CCCC3)CC1)O2. The minimum Gasteiger partial charge on any atom is -0.484 e. The van der Waals surface area contributed by atoms with Crippen molar-refractivity contribution < 1.29 is 14.3 Å². The Bertz CT molecular complexity index is 864. The molecule has 4 nitrogen and oxygen atoms in total. The number of fused-ring (bicyclic) bond motifs is 2. The Morgan fingerprint density at radius 2 is 1.85 bits per heavy atom. The van der Waals surface area contributed by atoms with Gasteiger partial charge in [-0.05, 0) is 19.3 Å². The second-order valence-electron chi connectivity index (χ2n) is 7.90. The molecule has 4 aliphatic rings. The lowest BCUT2D eigenvalue weighted by Gasteiger charge is -2.47. The Labute approximate surface area is 163 Å². The summed E-state index contributed by atoms with van der Waals surface area (Å²) in [5, 5.41) is 0. The summed E-state index contributed by atoms with van der Waals surface area (Å²) in [6.07, 6.45) is 10.3. The van der Waals surface area contributed by atoms with Crippen LogP contribution in [0, 0.1) is 0 Å². The summed E-state index contributed by atoms with van der Waals surface area (Å²) in [7, 11) is 0. The first-order valence-corrected chi connectivity index (χ1v) is 10.8. The quantitative estimate of drug-likeness (QED) is 0.547. The second-order valence-corrected chi connectivity index (χ2v) is 8.88. The first-order valence-electron chi connectivity index (χ1n) is 9.82. The number of Topliss-reactive ketones (excluding diaryl/α,β-unsaturated/α-hetero) is 2. The van der Waals surface area contributed by atoms with E-state index in [0.29, 0.717) is 22.3 Å². The fourth-order valence-corrected chi connectivity index (χ4v) is 5.88. The van der Waals surface area contributed by atoms with Gasteiger partial charge in [-0.3, -0.25) is 14.5 Å². The fourth-order valence-electron chi connectivity index (χ4n) is 4.62. The van der Waals surface area contributed by atoms with Gasteiger partial charge in [-0.1, -0.05) is 36.4 Å². The molecule has 0 saturated carbocycles. The number of benzene rings is 1. The molecular formula is C22H23NO3S. The maximum atomic E-state index is 12.5. The molecule has 0 aromatic heterocycles. The van der Waals surface area contributed by atoms with Gasteiger partial charge in [0.25, 0.3) is 0 Å². The number of likely N-dealkylation sites (tertiary alicyclic amines) is 1. The van der Waals surface area contributed by atoms with E-state index in [1.165, 1.54) is 31.0 Å². The highest BCUT2D eigenvalue weighted by atomic mass is 32.2. The third-order valence-corrected chi connectivity index (χ3v) is 7.57. The molecule has 2 aliphatic heterocycles. The van der Waals surface area contributed by atoms with Crippen LogP contribution in [0.15, 0.2) is 41.3 Å². The molecule has 0 N–H and O–H groups in total. The average molecular weight is 381 g/mol. The summed E-state index contributed by atoms with van der Waals surface area (Å²) in [5.41, 5.74) is 1.02. The van der Waals surface area contributed by atoms with Crippen LogP contribution in [0.25, 0.3) is 5.76 Å². The predicted octanol–water partition coefficient (Wildman–Crippen LogP) is 3.83. The molecule has 1 aromatic rings. The van der Waals surface area contributed by atoms with Crippen molar-refractivity contribution in [1.82, 2.24) is 4.90 Å². The zero-order chi connectivity index (χ0) is 18.4. The third-order valence-electron chi connectivity index (χ3n) is 6.24. The van der Waals surface area contributed by atoms with E-state index >= 15 is 0 Å². The standard InChI is InChI=1S/C22H23NO3S/c24-18-16-8-4-5-9-17(16)20-21(19(18)25)27-14-22(26-20)10-12-23(13-11-22)15-6-2-1-3-7-15/h2,4-6,8-9,15H,1,3,7,10-14H2. The highest BCUT2D eigenvalue weighted by molar-refractivity contribution is 8.04. The molecule has 0 radical (unpaired) electrons. The summed E-state index contributed by atoms with van der Waals surface area (Å²) in [4.78, 5) is 28.0. The minimum absolute atomic E-state index is 0.230. The number of hydrogen-bond donors (Lipinski definition) is 0. The van der Waals surface area contributed by atoms with E-state index in [9.17, 15) is 9.59 Å². The van der Waals surface area contributed by atoms with Crippen molar-refractivity contribution in [2.45, 2.75) is 43.7 Å². The van der Waals surface area contributed by atoms with Crippen molar-refractivity contribution in [1.29, 1.82) is 0 Å². The molecule has 1 unspecified atom stereocenters. The second kappa shape index (κ2) is 6.64. The van der Waals surface area contributed by atoms with Crippen LogP contribution in [0.5, 0.6) is 0 Å². The van der Waals surface area contributed by atoms with Crippen LogP contribution < -0.4 is 0 Å². The maximum Gasteiger partial charge on any atom is 0.243 e. The highest BCUT2D eigenvalue weighted by Gasteiger charge is 2.46.